The molecule has 0 amide bonds. The summed E-state index contributed by atoms with van der Waals surface area (Å²) in [4.78, 5) is 0.0880. The topological polar surface area (TPSA) is 97.7 Å². The molecule has 224 valence electrons. The Kier molecular flexibility index (Phi) is 6.28. The van der Waals surface area contributed by atoms with Crippen LogP contribution in [0.2, 0.25) is 0 Å². The van der Waals surface area contributed by atoms with Crippen LogP contribution < -0.4 is 4.18 Å². The molecular weight excluding hydrogens is 581 g/mol. The van der Waals surface area contributed by atoms with Gasteiger partial charge >= 0.3 is 10.1 Å². The van der Waals surface area contributed by atoms with E-state index in [1.165, 1.54) is 18.9 Å². The molecule has 8 rings (SSSR count). The quantitative estimate of drug-likeness (QED) is 0.174. The molecule has 4 saturated carbocycles. The van der Waals surface area contributed by atoms with Gasteiger partial charge in [0.25, 0.3) is 10.1 Å². The second-order valence-corrected chi connectivity index (χ2v) is 16.4. The van der Waals surface area contributed by atoms with Crippen molar-refractivity contribution in [2.75, 3.05) is 0 Å². The molecule has 0 aliphatic heterocycles. The fourth-order valence-corrected chi connectivity index (χ4v) is 11.8. The lowest BCUT2D eigenvalue weighted by molar-refractivity contribution is 0.400. The standard InChI is InChI=1S/C35H36O6S2/c1-20-14-32(42(36,37)38)27-8-4-5-9-28(27)34(20)41-43(39,40)35-31(29-17-21-10-12-24(29)15-21)19-23-6-2-3-7-26(23)33(35)30-18-22-11-13-25(30)16-22/h2-9,14,19,21-22,24-25,29-30H,10-13,15-18H2,1H3,(H,36,37,38). The molecule has 6 atom stereocenters. The third-order valence-electron chi connectivity index (χ3n) is 11.2. The normalized spacial score (nSPS) is 28.3. The van der Waals surface area contributed by atoms with Crippen LogP contribution in [0.15, 0.2) is 70.5 Å². The molecule has 0 radical (unpaired) electrons. The number of rotatable bonds is 6. The summed E-state index contributed by atoms with van der Waals surface area (Å²) in [6, 6.07) is 18.2. The zero-order valence-corrected chi connectivity index (χ0v) is 25.8. The molecule has 0 heterocycles. The molecule has 0 spiro atoms. The van der Waals surface area contributed by atoms with E-state index in [0.29, 0.717) is 39.5 Å². The van der Waals surface area contributed by atoms with Crippen molar-refractivity contribution in [3.8, 4) is 5.75 Å². The summed E-state index contributed by atoms with van der Waals surface area (Å²) in [6.07, 6.45) is 9.01. The van der Waals surface area contributed by atoms with Crippen LogP contribution in [-0.4, -0.2) is 21.4 Å². The van der Waals surface area contributed by atoms with Crippen LogP contribution in [0.1, 0.15) is 79.9 Å². The van der Waals surface area contributed by atoms with E-state index in [2.05, 4.69) is 18.2 Å². The first kappa shape index (κ1) is 27.6. The van der Waals surface area contributed by atoms with Gasteiger partial charge in [-0.25, -0.2) is 0 Å². The average molecular weight is 617 g/mol. The van der Waals surface area contributed by atoms with Crippen LogP contribution in [0.4, 0.5) is 0 Å². The third kappa shape index (κ3) is 4.43. The highest BCUT2D eigenvalue weighted by atomic mass is 32.2. The Hall–Kier alpha value is -2.94. The van der Waals surface area contributed by atoms with Crippen LogP contribution in [0, 0.1) is 30.6 Å². The fourth-order valence-electron chi connectivity index (χ4n) is 9.45. The molecule has 0 saturated heterocycles. The van der Waals surface area contributed by atoms with Gasteiger partial charge in [0.1, 0.15) is 9.79 Å². The predicted molar refractivity (Wildman–Crippen MR) is 167 cm³/mol. The maximum atomic E-state index is 14.9. The van der Waals surface area contributed by atoms with Crippen molar-refractivity contribution in [3.63, 3.8) is 0 Å². The first-order valence-corrected chi connectivity index (χ1v) is 18.4. The van der Waals surface area contributed by atoms with Gasteiger partial charge in [0.15, 0.2) is 5.75 Å². The number of fused-ring (bicyclic) bond motifs is 6. The van der Waals surface area contributed by atoms with Crippen molar-refractivity contribution in [1.29, 1.82) is 0 Å². The van der Waals surface area contributed by atoms with E-state index in [4.69, 9.17) is 4.18 Å². The highest BCUT2D eigenvalue weighted by Gasteiger charge is 2.47. The third-order valence-corrected chi connectivity index (χ3v) is 13.4. The van der Waals surface area contributed by atoms with Crippen molar-refractivity contribution in [2.45, 2.75) is 79.9 Å². The van der Waals surface area contributed by atoms with Crippen molar-refractivity contribution in [2.24, 2.45) is 23.7 Å². The summed E-state index contributed by atoms with van der Waals surface area (Å²) in [6.45, 7) is 1.63. The summed E-state index contributed by atoms with van der Waals surface area (Å²) in [5.41, 5.74) is 2.17. The van der Waals surface area contributed by atoms with Crippen molar-refractivity contribution in [3.05, 3.63) is 77.4 Å². The first-order chi connectivity index (χ1) is 20.6. The van der Waals surface area contributed by atoms with Crippen molar-refractivity contribution < 1.29 is 25.6 Å². The zero-order chi connectivity index (χ0) is 29.7. The monoisotopic (exact) mass is 616 g/mol. The largest absolute Gasteiger partial charge is 0.378 e. The van der Waals surface area contributed by atoms with Crippen LogP contribution in [0.3, 0.4) is 0 Å². The molecule has 4 fully saturated rings. The summed E-state index contributed by atoms with van der Waals surface area (Å²) in [5, 5.41) is 2.65. The summed E-state index contributed by atoms with van der Waals surface area (Å²) in [7, 11) is -8.89. The zero-order valence-electron chi connectivity index (χ0n) is 24.2. The lowest BCUT2D eigenvalue weighted by Crippen LogP contribution is -2.22. The van der Waals surface area contributed by atoms with Gasteiger partial charge in [-0.05, 0) is 121 Å². The molecule has 0 aromatic heterocycles. The Bertz CT molecular complexity index is 2020. The number of hydrogen-bond donors (Lipinski definition) is 1. The van der Waals surface area contributed by atoms with Crippen molar-refractivity contribution in [1.82, 2.24) is 0 Å². The Morgan fingerprint density at radius 2 is 1.33 bits per heavy atom. The lowest BCUT2D eigenvalue weighted by atomic mass is 9.77. The molecule has 4 aromatic carbocycles. The first-order valence-electron chi connectivity index (χ1n) is 15.6. The fraction of sp³-hybridized carbons (Fsp3) is 0.429. The molecule has 4 aromatic rings. The lowest BCUT2D eigenvalue weighted by Gasteiger charge is -2.31. The van der Waals surface area contributed by atoms with Gasteiger partial charge in [-0.1, -0.05) is 61.4 Å². The van der Waals surface area contributed by atoms with E-state index in [1.54, 1.807) is 31.2 Å². The van der Waals surface area contributed by atoms with Gasteiger partial charge in [-0.3, -0.25) is 4.55 Å². The summed E-state index contributed by atoms with van der Waals surface area (Å²) in [5.74, 6) is 2.66. The molecule has 6 nitrogen and oxygen atoms in total. The second-order valence-electron chi connectivity index (χ2n) is 13.6. The van der Waals surface area contributed by atoms with Crippen LogP contribution in [-0.2, 0) is 20.2 Å². The van der Waals surface area contributed by atoms with Crippen LogP contribution in [0.5, 0.6) is 5.75 Å². The Morgan fingerprint density at radius 1 is 0.721 bits per heavy atom. The van der Waals surface area contributed by atoms with Gasteiger partial charge < -0.3 is 4.18 Å². The Morgan fingerprint density at radius 3 is 1.93 bits per heavy atom. The molecule has 1 N–H and O–H groups in total. The van der Waals surface area contributed by atoms with Gasteiger partial charge in [0, 0.05) is 10.8 Å². The maximum Gasteiger partial charge on any atom is 0.339 e. The van der Waals surface area contributed by atoms with Gasteiger partial charge in [0.05, 0.1) is 0 Å². The maximum absolute atomic E-state index is 14.9. The molecule has 8 heteroatoms. The molecule has 4 aliphatic carbocycles. The van der Waals surface area contributed by atoms with E-state index in [-0.39, 0.29) is 27.9 Å². The smallest absolute Gasteiger partial charge is 0.339 e. The molecule has 43 heavy (non-hydrogen) atoms. The van der Waals surface area contributed by atoms with E-state index in [9.17, 15) is 21.4 Å². The molecule has 4 bridgehead atoms. The summed E-state index contributed by atoms with van der Waals surface area (Å²) < 4.78 is 70.4. The molecular formula is C35H36O6S2. The van der Waals surface area contributed by atoms with Crippen LogP contribution >= 0.6 is 0 Å². The van der Waals surface area contributed by atoms with Gasteiger partial charge in [-0.2, -0.15) is 16.8 Å². The minimum atomic E-state index is -4.54. The Labute approximate surface area is 253 Å². The van der Waals surface area contributed by atoms with E-state index >= 15 is 0 Å². The number of benzene rings is 4. The van der Waals surface area contributed by atoms with E-state index < -0.39 is 20.2 Å². The Balaban J connectivity index is 1.37. The van der Waals surface area contributed by atoms with E-state index in [0.717, 1.165) is 60.4 Å². The minimum absolute atomic E-state index is 0.106. The molecule has 6 unspecified atom stereocenters. The summed E-state index contributed by atoms with van der Waals surface area (Å²) >= 11 is 0. The second kappa shape index (κ2) is 9.78. The van der Waals surface area contributed by atoms with Crippen LogP contribution in [0.25, 0.3) is 21.5 Å². The average Bonchev–Trinajstić information content (AvgIpc) is 3.80. The highest BCUT2D eigenvalue weighted by Crippen LogP contribution is 2.59. The number of aryl methyl sites for hydroxylation is 1. The molecule has 4 aliphatic rings. The predicted octanol–water partition coefficient (Wildman–Crippen LogP) is 8.12. The van der Waals surface area contributed by atoms with Gasteiger partial charge in [0.2, 0.25) is 0 Å². The minimum Gasteiger partial charge on any atom is -0.378 e. The van der Waals surface area contributed by atoms with E-state index in [1.807, 2.05) is 12.1 Å². The highest BCUT2D eigenvalue weighted by molar-refractivity contribution is 7.87. The number of hydrogen-bond acceptors (Lipinski definition) is 5. The van der Waals surface area contributed by atoms with Gasteiger partial charge in [-0.15, -0.1) is 0 Å². The van der Waals surface area contributed by atoms with Crippen molar-refractivity contribution >= 4 is 41.8 Å². The SMILES string of the molecule is Cc1cc(S(=O)(=O)O)c2ccccc2c1OS(=O)(=O)c1c(C2CC3CCC2C3)cc2ccccc2c1C1CC2CCC1C2.